The van der Waals surface area contributed by atoms with Gasteiger partial charge in [-0.05, 0) is 89.5 Å². The highest BCUT2D eigenvalue weighted by Gasteiger charge is 2.46. The van der Waals surface area contributed by atoms with Crippen molar-refractivity contribution < 1.29 is 71.4 Å². The zero-order valence-electron chi connectivity index (χ0n) is 43.7. The van der Waals surface area contributed by atoms with Crippen molar-refractivity contribution in [1.82, 2.24) is 9.55 Å². The van der Waals surface area contributed by atoms with Crippen LogP contribution < -0.4 is 11.4 Å². The Morgan fingerprint density at radius 2 is 1.21 bits per heavy atom. The molecule has 2 heterocycles. The largest absolute Gasteiger partial charge is 0.481 e. The molecule has 0 saturated carbocycles. The standard InChI is InChI=1S/C54H83N3O16P2/c1-3-5-7-8-9-10-11-12-13-14-15-16-17-18-22-25-28-31-34-38-49(59)68-42-46(71-50(60)39-35-32-29-26-23-20-19-21-24-27-30-33-37-45(58)36-6-4-2)43-69-74(64,65)73-75(66,67)70-44-47-51(61)52(62)53(72-47)57-41-40-48(55)56-54(57)63/h9-10,12-13,15-16,18-20,22,24,26-29,31,33,37,40-41,45-47,51-53,58,61-62H,3-8,11,14,17,21,23,25,30,32,34-36,38-39,42-44H2,1-2H3,(H,64,65)(H,66,67)(H2,55,56,63)/b10-9-,13-12-,16-15-,20-19-,22-18-,27-24-,29-26-,31-28-,37-33-/t45-,46-,47-,51-,52-,53-/m1/s1. The Morgan fingerprint density at radius 1 is 0.693 bits per heavy atom. The Morgan fingerprint density at radius 3 is 1.77 bits per heavy atom. The van der Waals surface area contributed by atoms with E-state index < -0.39 is 89.8 Å². The number of nitrogens with two attached hydrogens (primary N) is 1. The maximum Gasteiger partial charge on any atom is 0.481 e. The van der Waals surface area contributed by atoms with Crippen LogP contribution in [0, 0.1) is 0 Å². The van der Waals surface area contributed by atoms with Gasteiger partial charge in [-0.3, -0.25) is 23.2 Å². The van der Waals surface area contributed by atoms with Crippen LogP contribution in [0.15, 0.2) is 126 Å². The zero-order valence-corrected chi connectivity index (χ0v) is 45.4. The fourth-order valence-corrected chi connectivity index (χ4v) is 8.95. The van der Waals surface area contributed by atoms with E-state index in [1.807, 2.05) is 66.8 Å². The number of carbonyl (C=O) groups excluding carboxylic acids is 2. The van der Waals surface area contributed by atoms with Crippen molar-refractivity contribution in [3.63, 3.8) is 0 Å². The summed E-state index contributed by atoms with van der Waals surface area (Å²) in [6.45, 7) is 1.83. The van der Waals surface area contributed by atoms with Gasteiger partial charge in [-0.2, -0.15) is 9.29 Å². The van der Waals surface area contributed by atoms with Gasteiger partial charge in [-0.1, -0.05) is 149 Å². The van der Waals surface area contributed by atoms with Crippen LogP contribution in [-0.4, -0.2) is 96.9 Å². The molecule has 1 aliphatic rings. The number of phosphoric acid groups is 2. The lowest BCUT2D eigenvalue weighted by Crippen LogP contribution is -2.36. The second-order valence-corrected chi connectivity index (χ2v) is 20.5. The smallest absolute Gasteiger partial charge is 0.462 e. The molecule has 75 heavy (non-hydrogen) atoms. The van der Waals surface area contributed by atoms with Crippen LogP contribution in [0.3, 0.4) is 0 Å². The average Bonchev–Trinajstić information content (AvgIpc) is 3.65. The minimum atomic E-state index is -5.47. The van der Waals surface area contributed by atoms with E-state index in [1.165, 1.54) is 25.3 Å². The predicted octanol–water partition coefficient (Wildman–Crippen LogP) is 9.97. The molecule has 2 unspecified atom stereocenters. The van der Waals surface area contributed by atoms with Crippen LogP contribution in [0.2, 0.25) is 0 Å². The Hall–Kier alpha value is -4.62. The average molecular weight is 1090 g/mol. The van der Waals surface area contributed by atoms with Gasteiger partial charge in [0.25, 0.3) is 0 Å². The molecule has 8 atom stereocenters. The minimum absolute atomic E-state index is 0.0229. The number of allylic oxidation sites excluding steroid dienone is 17. The van der Waals surface area contributed by atoms with E-state index in [4.69, 9.17) is 29.0 Å². The van der Waals surface area contributed by atoms with E-state index in [1.54, 1.807) is 0 Å². The number of aromatic nitrogens is 2. The van der Waals surface area contributed by atoms with E-state index >= 15 is 0 Å². The number of esters is 2. The highest BCUT2D eigenvalue weighted by Crippen LogP contribution is 2.60. The summed E-state index contributed by atoms with van der Waals surface area (Å²) in [5.41, 5.74) is 4.57. The molecule has 0 radical (unpaired) electrons. The summed E-state index contributed by atoms with van der Waals surface area (Å²) in [5, 5.41) is 30.8. The number of ether oxygens (including phenoxy) is 3. The van der Waals surface area contributed by atoms with Crippen LogP contribution in [-0.2, 0) is 46.3 Å². The van der Waals surface area contributed by atoms with E-state index in [2.05, 4.69) is 65.7 Å². The van der Waals surface area contributed by atoms with Gasteiger partial charge in [-0.25, -0.2) is 13.9 Å². The number of aliphatic hydroxyl groups excluding tert-OH is 3. The molecular weight excluding hydrogens is 1010 g/mol. The van der Waals surface area contributed by atoms with E-state index in [0.717, 1.165) is 68.6 Å². The minimum Gasteiger partial charge on any atom is -0.462 e. The number of rotatable bonds is 41. The number of unbranched alkanes of at least 4 members (excludes halogenated alkanes) is 5. The molecule has 19 nitrogen and oxygen atoms in total. The fraction of sp³-hybridized carbons (Fsp3) is 0.556. The molecule has 7 N–H and O–H groups in total. The van der Waals surface area contributed by atoms with Gasteiger partial charge < -0.3 is 45.1 Å². The SMILES string of the molecule is CCCCC/C=C\C/C=C\C/C=C\C/C=C\C/C=C\CCC(=O)OC[C@H](COP(=O)(O)OP(=O)(O)OC[C@H]1O[C@@H](n2ccc(N)nc2=O)[C@H](O)[C@@H]1O)OC(=O)CCC/C=C\C/C=C\C/C=C\C/C=C\[C@H](O)CCCC. The summed E-state index contributed by atoms with van der Waals surface area (Å²) in [6, 6.07) is 1.24. The first-order valence-electron chi connectivity index (χ1n) is 26.0. The maximum absolute atomic E-state index is 12.9. The highest BCUT2D eigenvalue weighted by atomic mass is 31.3. The number of carbonyl (C=O) groups is 2. The second kappa shape index (κ2) is 40.6. The summed E-state index contributed by atoms with van der Waals surface area (Å²) in [5.74, 6) is -1.50. The van der Waals surface area contributed by atoms with Gasteiger partial charge in [0.1, 0.15) is 30.7 Å². The Bertz CT molecular complexity index is 2200. The van der Waals surface area contributed by atoms with Crippen molar-refractivity contribution in [2.24, 2.45) is 0 Å². The fourth-order valence-electron chi connectivity index (χ4n) is 6.83. The molecule has 0 amide bonds. The van der Waals surface area contributed by atoms with Crippen LogP contribution >= 0.6 is 15.6 Å². The first-order valence-corrected chi connectivity index (χ1v) is 29.0. The Balaban J connectivity index is 1.86. The van der Waals surface area contributed by atoms with Gasteiger partial charge >= 0.3 is 33.3 Å². The molecule has 1 aromatic rings. The molecular formula is C54H83N3O16P2. The molecule has 0 aliphatic carbocycles. The first-order chi connectivity index (χ1) is 36.1. The van der Waals surface area contributed by atoms with E-state index in [0.29, 0.717) is 32.1 Å². The van der Waals surface area contributed by atoms with Crippen LogP contribution in [0.4, 0.5) is 5.82 Å². The summed E-state index contributed by atoms with van der Waals surface area (Å²) >= 11 is 0. The van der Waals surface area contributed by atoms with Gasteiger partial charge in [0.15, 0.2) is 12.3 Å². The zero-order chi connectivity index (χ0) is 55.0. The number of aliphatic hydroxyl groups is 3. The van der Waals surface area contributed by atoms with Crippen LogP contribution in [0.1, 0.15) is 142 Å². The number of nitrogen functional groups attached to an aromatic ring is 1. The highest BCUT2D eigenvalue weighted by molar-refractivity contribution is 7.61. The Labute approximate surface area is 443 Å². The third-order valence-electron chi connectivity index (χ3n) is 10.9. The lowest BCUT2D eigenvalue weighted by molar-refractivity contribution is -0.161. The number of nitrogens with zero attached hydrogens (tertiary/aromatic N) is 2. The molecule has 21 heteroatoms. The summed E-state index contributed by atoms with van der Waals surface area (Å²) in [6.07, 6.45) is 43.8. The molecule has 0 aromatic carbocycles. The molecule has 1 fully saturated rings. The molecule has 0 bridgehead atoms. The molecule has 0 spiro atoms. The van der Waals surface area contributed by atoms with Gasteiger partial charge in [0, 0.05) is 19.0 Å². The molecule has 2 rings (SSSR count). The first kappa shape index (κ1) is 66.5. The molecule has 1 aliphatic heterocycles. The quantitative estimate of drug-likeness (QED) is 0.0154. The lowest BCUT2D eigenvalue weighted by atomic mass is 10.1. The number of anilines is 1. The van der Waals surface area contributed by atoms with Crippen molar-refractivity contribution in [2.45, 2.75) is 173 Å². The number of phosphoric ester groups is 2. The summed E-state index contributed by atoms with van der Waals surface area (Å²) < 4.78 is 56.6. The lowest BCUT2D eigenvalue weighted by Gasteiger charge is -2.21. The van der Waals surface area contributed by atoms with Gasteiger partial charge in [0.05, 0.1) is 19.3 Å². The van der Waals surface area contributed by atoms with Crippen molar-refractivity contribution >= 4 is 33.4 Å². The monoisotopic (exact) mass is 1090 g/mol. The molecule has 1 saturated heterocycles. The van der Waals surface area contributed by atoms with E-state index in [9.17, 15) is 48.6 Å². The van der Waals surface area contributed by atoms with E-state index in [-0.39, 0.29) is 18.7 Å². The molecule has 1 aromatic heterocycles. The van der Waals surface area contributed by atoms with Crippen molar-refractivity contribution in [3.05, 3.63) is 132 Å². The Kier molecular flexibility index (Phi) is 36.0. The third-order valence-corrected chi connectivity index (χ3v) is 13.5. The number of hydrogen-bond donors (Lipinski definition) is 6. The normalized spacial score (nSPS) is 20.1. The van der Waals surface area contributed by atoms with Crippen LogP contribution in [0.5, 0.6) is 0 Å². The second-order valence-electron chi connectivity index (χ2n) is 17.5. The topological polar surface area (TPSA) is 286 Å². The van der Waals surface area contributed by atoms with Crippen molar-refractivity contribution in [2.75, 3.05) is 25.6 Å². The van der Waals surface area contributed by atoms with Gasteiger partial charge in [0.2, 0.25) is 0 Å². The van der Waals surface area contributed by atoms with Crippen LogP contribution in [0.25, 0.3) is 0 Å². The van der Waals surface area contributed by atoms with Gasteiger partial charge in [-0.15, -0.1) is 0 Å². The van der Waals surface area contributed by atoms with Crippen molar-refractivity contribution in [3.8, 4) is 0 Å². The maximum atomic E-state index is 12.9. The predicted molar refractivity (Wildman–Crippen MR) is 290 cm³/mol. The number of hydrogen-bond acceptors (Lipinski definition) is 16. The molecule has 420 valence electrons. The third kappa shape index (κ3) is 33.2. The van der Waals surface area contributed by atoms with Crippen molar-refractivity contribution in [1.29, 1.82) is 0 Å². The summed E-state index contributed by atoms with van der Waals surface area (Å²) in [4.78, 5) is 61.9. The summed E-state index contributed by atoms with van der Waals surface area (Å²) in [7, 11) is -10.9.